The van der Waals surface area contributed by atoms with Crippen LogP contribution in [0.2, 0.25) is 5.02 Å². The molecule has 1 amide bonds. The lowest BCUT2D eigenvalue weighted by Gasteiger charge is -2.16. The first kappa shape index (κ1) is 16.2. The van der Waals surface area contributed by atoms with E-state index in [-0.39, 0.29) is 24.5 Å². The molecule has 1 aromatic heterocycles. The van der Waals surface area contributed by atoms with Gasteiger partial charge in [-0.3, -0.25) is 9.89 Å². The maximum absolute atomic E-state index is 12.4. The number of likely N-dealkylation sites (N-methyl/N-ethyl adjacent to an activating group) is 1. The SMILES string of the molecule is CN(CCOc1cccc(Cl)c1)C(=O)c1cc(C(F)F)[nH]n1. The number of nitrogens with one attached hydrogen (secondary N) is 1. The molecule has 0 radical (unpaired) electrons. The summed E-state index contributed by atoms with van der Waals surface area (Å²) in [5.74, 6) is 0.131. The fourth-order valence-electron chi connectivity index (χ4n) is 1.71. The van der Waals surface area contributed by atoms with Crippen LogP contribution in [0, 0.1) is 0 Å². The van der Waals surface area contributed by atoms with E-state index in [0.29, 0.717) is 10.8 Å². The Balaban J connectivity index is 1.86. The lowest BCUT2D eigenvalue weighted by molar-refractivity contribution is 0.0768. The molecule has 1 aromatic carbocycles. The molecule has 0 saturated heterocycles. The molecule has 5 nitrogen and oxygen atoms in total. The average Bonchev–Trinajstić information content (AvgIpc) is 2.96. The van der Waals surface area contributed by atoms with Gasteiger partial charge in [-0.15, -0.1) is 0 Å². The molecule has 0 aliphatic carbocycles. The van der Waals surface area contributed by atoms with E-state index in [1.165, 1.54) is 4.90 Å². The quantitative estimate of drug-likeness (QED) is 0.885. The second-order valence-electron chi connectivity index (χ2n) is 4.54. The highest BCUT2D eigenvalue weighted by Gasteiger charge is 2.18. The summed E-state index contributed by atoms with van der Waals surface area (Å²) in [6, 6.07) is 7.92. The Morgan fingerprint density at radius 1 is 1.45 bits per heavy atom. The number of alkyl halides is 2. The molecule has 1 N–H and O–H groups in total. The normalized spacial score (nSPS) is 10.8. The molecular formula is C14H14ClF2N3O2. The molecule has 0 bridgehead atoms. The van der Waals surface area contributed by atoms with Gasteiger partial charge in [-0.05, 0) is 24.3 Å². The van der Waals surface area contributed by atoms with Gasteiger partial charge >= 0.3 is 0 Å². The molecule has 22 heavy (non-hydrogen) atoms. The maximum atomic E-state index is 12.4. The van der Waals surface area contributed by atoms with Crippen LogP contribution in [0.3, 0.4) is 0 Å². The van der Waals surface area contributed by atoms with Gasteiger partial charge in [-0.1, -0.05) is 17.7 Å². The average molecular weight is 330 g/mol. The van der Waals surface area contributed by atoms with E-state index in [2.05, 4.69) is 10.2 Å². The number of carbonyl (C=O) groups is 1. The van der Waals surface area contributed by atoms with Crippen molar-refractivity contribution in [2.45, 2.75) is 6.43 Å². The molecule has 118 valence electrons. The van der Waals surface area contributed by atoms with Crippen molar-refractivity contribution < 1.29 is 18.3 Å². The van der Waals surface area contributed by atoms with Crippen LogP contribution < -0.4 is 4.74 Å². The van der Waals surface area contributed by atoms with Crippen LogP contribution in [0.4, 0.5) is 8.78 Å². The van der Waals surface area contributed by atoms with E-state index in [0.717, 1.165) is 6.07 Å². The zero-order valence-corrected chi connectivity index (χ0v) is 12.5. The molecule has 0 aliphatic rings. The van der Waals surface area contributed by atoms with Crippen LogP contribution in [-0.2, 0) is 0 Å². The molecule has 0 unspecified atom stereocenters. The van der Waals surface area contributed by atoms with E-state index in [1.807, 2.05) is 0 Å². The summed E-state index contributed by atoms with van der Waals surface area (Å²) in [5, 5.41) is 6.27. The summed E-state index contributed by atoms with van der Waals surface area (Å²) in [6.45, 7) is 0.525. The molecule has 2 rings (SSSR count). The third-order valence-corrected chi connectivity index (χ3v) is 3.13. The Kier molecular flexibility index (Phi) is 5.32. The first-order valence-corrected chi connectivity index (χ1v) is 6.82. The van der Waals surface area contributed by atoms with Crippen molar-refractivity contribution in [2.24, 2.45) is 0 Å². The van der Waals surface area contributed by atoms with Crippen molar-refractivity contribution in [1.82, 2.24) is 15.1 Å². The number of hydrogen-bond acceptors (Lipinski definition) is 3. The number of hydrogen-bond donors (Lipinski definition) is 1. The molecule has 1 heterocycles. The van der Waals surface area contributed by atoms with Gasteiger partial charge in [-0.2, -0.15) is 5.10 Å². The predicted molar refractivity (Wildman–Crippen MR) is 77.5 cm³/mol. The van der Waals surface area contributed by atoms with Gasteiger partial charge < -0.3 is 9.64 Å². The molecular weight excluding hydrogens is 316 g/mol. The van der Waals surface area contributed by atoms with Crippen molar-refractivity contribution >= 4 is 17.5 Å². The largest absolute Gasteiger partial charge is 0.492 e. The highest BCUT2D eigenvalue weighted by atomic mass is 35.5. The number of ether oxygens (including phenoxy) is 1. The molecule has 0 spiro atoms. The number of amides is 1. The van der Waals surface area contributed by atoms with E-state index >= 15 is 0 Å². The van der Waals surface area contributed by atoms with E-state index in [1.54, 1.807) is 31.3 Å². The minimum Gasteiger partial charge on any atom is -0.492 e. The Labute approximate surface area is 130 Å². The van der Waals surface area contributed by atoms with Gasteiger partial charge in [0, 0.05) is 12.1 Å². The third kappa shape index (κ3) is 4.17. The van der Waals surface area contributed by atoms with Crippen LogP contribution in [0.5, 0.6) is 5.75 Å². The number of carbonyl (C=O) groups excluding carboxylic acids is 1. The van der Waals surface area contributed by atoms with Crippen LogP contribution in [0.25, 0.3) is 0 Å². The van der Waals surface area contributed by atoms with E-state index in [4.69, 9.17) is 16.3 Å². The number of rotatable bonds is 6. The number of aromatic nitrogens is 2. The van der Waals surface area contributed by atoms with Crippen molar-refractivity contribution in [1.29, 1.82) is 0 Å². The number of benzene rings is 1. The first-order chi connectivity index (χ1) is 10.5. The summed E-state index contributed by atoms with van der Waals surface area (Å²) in [5.41, 5.74) is -0.438. The molecule has 0 fully saturated rings. The van der Waals surface area contributed by atoms with Crippen LogP contribution >= 0.6 is 11.6 Å². The molecule has 2 aromatic rings. The number of halogens is 3. The Morgan fingerprint density at radius 2 is 2.23 bits per heavy atom. The summed E-state index contributed by atoms with van der Waals surface area (Å²) in [6.07, 6.45) is -2.69. The zero-order valence-electron chi connectivity index (χ0n) is 11.7. The fourth-order valence-corrected chi connectivity index (χ4v) is 1.89. The number of H-pyrrole nitrogens is 1. The van der Waals surface area contributed by atoms with Gasteiger partial charge in [-0.25, -0.2) is 8.78 Å². The third-order valence-electron chi connectivity index (χ3n) is 2.89. The predicted octanol–water partition coefficient (Wildman–Crippen LogP) is 3.15. The van der Waals surface area contributed by atoms with E-state index in [9.17, 15) is 13.6 Å². The summed E-state index contributed by atoms with van der Waals surface area (Å²) < 4.78 is 30.3. The van der Waals surface area contributed by atoms with Crippen LogP contribution in [0.1, 0.15) is 22.6 Å². The van der Waals surface area contributed by atoms with E-state index < -0.39 is 12.3 Å². The highest BCUT2D eigenvalue weighted by molar-refractivity contribution is 6.30. The van der Waals surface area contributed by atoms with Crippen molar-refractivity contribution in [2.75, 3.05) is 20.2 Å². The van der Waals surface area contributed by atoms with Gasteiger partial charge in [0.2, 0.25) is 0 Å². The monoisotopic (exact) mass is 329 g/mol. The van der Waals surface area contributed by atoms with Gasteiger partial charge in [0.1, 0.15) is 18.1 Å². The van der Waals surface area contributed by atoms with Crippen molar-refractivity contribution in [3.05, 3.63) is 46.7 Å². The topological polar surface area (TPSA) is 58.2 Å². The summed E-state index contributed by atoms with van der Waals surface area (Å²) in [7, 11) is 1.54. The number of aromatic amines is 1. The second kappa shape index (κ2) is 7.22. The lowest BCUT2D eigenvalue weighted by atomic mass is 10.3. The lowest BCUT2D eigenvalue weighted by Crippen LogP contribution is -2.31. The van der Waals surface area contributed by atoms with Gasteiger partial charge in [0.15, 0.2) is 5.69 Å². The Morgan fingerprint density at radius 3 is 2.86 bits per heavy atom. The first-order valence-electron chi connectivity index (χ1n) is 6.44. The smallest absolute Gasteiger partial charge is 0.279 e. The Hall–Kier alpha value is -2.15. The second-order valence-corrected chi connectivity index (χ2v) is 4.98. The minimum absolute atomic E-state index is 0.0550. The van der Waals surface area contributed by atoms with Crippen LogP contribution in [0.15, 0.2) is 30.3 Å². The fraction of sp³-hybridized carbons (Fsp3) is 0.286. The van der Waals surface area contributed by atoms with Gasteiger partial charge in [0.05, 0.1) is 6.54 Å². The molecule has 0 saturated carbocycles. The van der Waals surface area contributed by atoms with Crippen molar-refractivity contribution in [3.63, 3.8) is 0 Å². The molecule has 0 aliphatic heterocycles. The standard InChI is InChI=1S/C14H14ClF2N3O2/c1-20(5-6-22-10-4-2-3-9(15)7-10)14(21)12-8-11(13(16)17)18-19-12/h2-4,7-8,13H,5-6H2,1H3,(H,18,19). The molecule has 0 atom stereocenters. The van der Waals surface area contributed by atoms with Crippen molar-refractivity contribution in [3.8, 4) is 5.75 Å². The minimum atomic E-state index is -2.69. The zero-order chi connectivity index (χ0) is 16.1. The molecule has 8 heteroatoms. The summed E-state index contributed by atoms with van der Waals surface area (Å²) in [4.78, 5) is 13.3. The highest BCUT2D eigenvalue weighted by Crippen LogP contribution is 2.18. The maximum Gasteiger partial charge on any atom is 0.279 e. The summed E-state index contributed by atoms with van der Waals surface area (Å²) >= 11 is 5.83. The van der Waals surface area contributed by atoms with Gasteiger partial charge in [0.25, 0.3) is 12.3 Å². The van der Waals surface area contributed by atoms with Crippen LogP contribution in [-0.4, -0.2) is 41.2 Å². The number of nitrogens with zero attached hydrogens (tertiary/aromatic N) is 2. The Bertz CT molecular complexity index is 649.